The molecule has 164 valence electrons. The third-order valence-electron chi connectivity index (χ3n) is 4.79. The molecule has 0 aromatic heterocycles. The maximum atomic E-state index is 10.7. The van der Waals surface area contributed by atoms with Crippen molar-refractivity contribution in [1.29, 1.82) is 0 Å². The van der Waals surface area contributed by atoms with Crippen LogP contribution in [-0.2, 0) is 4.74 Å². The Balaban J connectivity index is 2.56. The number of nitro groups is 1. The van der Waals surface area contributed by atoms with Crippen LogP contribution in [0.5, 0.6) is 0 Å². The topological polar surface area (TPSA) is 131 Å². The van der Waals surface area contributed by atoms with Gasteiger partial charge in [-0.15, -0.1) is 0 Å². The minimum absolute atomic E-state index is 0.0276. The van der Waals surface area contributed by atoms with Gasteiger partial charge in [-0.3, -0.25) is 10.1 Å². The summed E-state index contributed by atoms with van der Waals surface area (Å²) in [7, 11) is 2.01. The van der Waals surface area contributed by atoms with Gasteiger partial charge in [0.2, 0.25) is 6.04 Å². The van der Waals surface area contributed by atoms with Gasteiger partial charge in [-0.05, 0) is 32.0 Å². The van der Waals surface area contributed by atoms with Gasteiger partial charge in [0.05, 0.1) is 12.6 Å². The molecule has 0 aromatic rings. The van der Waals surface area contributed by atoms with Gasteiger partial charge in [-0.2, -0.15) is 0 Å². The lowest BCUT2D eigenvalue weighted by molar-refractivity contribution is -0.504. The van der Waals surface area contributed by atoms with Crippen molar-refractivity contribution in [3.8, 4) is 0 Å². The first-order valence-corrected chi connectivity index (χ1v) is 9.76. The number of ether oxygens (including phenoxy) is 1. The van der Waals surface area contributed by atoms with Crippen molar-refractivity contribution < 1.29 is 14.8 Å². The van der Waals surface area contributed by atoms with Crippen molar-refractivity contribution in [3.63, 3.8) is 0 Å². The van der Waals surface area contributed by atoms with Gasteiger partial charge in [0.15, 0.2) is 6.29 Å². The summed E-state index contributed by atoms with van der Waals surface area (Å²) in [5.41, 5.74) is 7.52. The van der Waals surface area contributed by atoms with E-state index >= 15 is 0 Å². The van der Waals surface area contributed by atoms with Crippen LogP contribution in [0, 0.1) is 10.1 Å². The van der Waals surface area contributed by atoms with Crippen LogP contribution in [0.4, 0.5) is 0 Å². The van der Waals surface area contributed by atoms with Gasteiger partial charge in [-0.25, -0.2) is 5.84 Å². The molecule has 5 N–H and O–H groups in total. The molecule has 0 amide bonds. The zero-order valence-corrected chi connectivity index (χ0v) is 17.6. The minimum Gasteiger partial charge on any atom is -0.401 e. The average molecular weight is 410 g/mol. The first kappa shape index (κ1) is 24.8. The smallest absolute Gasteiger partial charge is 0.228 e. The van der Waals surface area contributed by atoms with Crippen LogP contribution < -0.4 is 11.6 Å². The maximum Gasteiger partial charge on any atom is 0.228 e. The quantitative estimate of drug-likeness (QED) is 0.202. The molecule has 1 rings (SSSR count). The van der Waals surface area contributed by atoms with Crippen LogP contribution in [0.25, 0.3) is 0 Å². The van der Waals surface area contributed by atoms with Crippen LogP contribution in [0.2, 0.25) is 0 Å². The lowest BCUT2D eigenvalue weighted by atomic mass is 10.0. The first-order chi connectivity index (χ1) is 13.6. The maximum absolute atomic E-state index is 10.7. The molecular weight excluding hydrogens is 374 g/mol. The molecule has 1 fully saturated rings. The van der Waals surface area contributed by atoms with E-state index in [1.807, 2.05) is 14.0 Å². The van der Waals surface area contributed by atoms with Crippen molar-refractivity contribution >= 4 is 0 Å². The summed E-state index contributed by atoms with van der Waals surface area (Å²) in [5.74, 6) is 6.03. The van der Waals surface area contributed by atoms with Crippen molar-refractivity contribution in [2.45, 2.75) is 57.6 Å². The largest absolute Gasteiger partial charge is 0.401 e. The van der Waals surface area contributed by atoms with Crippen LogP contribution in [0.3, 0.4) is 0 Å². The summed E-state index contributed by atoms with van der Waals surface area (Å²) in [6.07, 6.45) is 9.58. The van der Waals surface area contributed by atoms with Gasteiger partial charge in [0.25, 0.3) is 0 Å². The number of aliphatic hydroxyl groups excluding tert-OH is 1. The first-order valence-electron chi connectivity index (χ1n) is 9.76. The zero-order valence-electron chi connectivity index (χ0n) is 17.6. The number of aliphatic hydroxyl groups is 1. The second-order valence-electron chi connectivity index (χ2n) is 7.50. The fraction of sp³-hybridized carbons (Fsp3) is 0.600. The van der Waals surface area contributed by atoms with E-state index in [4.69, 9.17) is 16.3 Å². The van der Waals surface area contributed by atoms with Gasteiger partial charge >= 0.3 is 0 Å². The van der Waals surface area contributed by atoms with Crippen LogP contribution >= 0.6 is 0 Å². The Kier molecular flexibility index (Phi) is 10.6. The van der Waals surface area contributed by atoms with Gasteiger partial charge < -0.3 is 25.5 Å². The predicted molar refractivity (Wildman–Crippen MR) is 114 cm³/mol. The Morgan fingerprint density at radius 2 is 2.17 bits per heavy atom. The lowest BCUT2D eigenvalue weighted by Crippen LogP contribution is -2.43. The molecule has 29 heavy (non-hydrogen) atoms. The minimum atomic E-state index is -0.781. The van der Waals surface area contributed by atoms with Crippen molar-refractivity contribution in [2.75, 3.05) is 20.1 Å². The standard InChI is InChI=1S/C20H35N5O4/c1-5-6-17(8-7-15(2)25(27)28)13-24(22)14-18(21)9-10-23(4)19-11-16(3)29-20(26)12-19/h5-8,14-16,19-20,26H,1,9-13,21-22H2,2-4H3/b8-7-,17-6+,18-14-/t15?,16-,19?,20-/m1/s1. The number of hydrazine groups is 1. The highest BCUT2D eigenvalue weighted by Gasteiger charge is 2.28. The fourth-order valence-corrected chi connectivity index (χ4v) is 3.12. The average Bonchev–Trinajstić information content (AvgIpc) is 2.63. The third-order valence-corrected chi connectivity index (χ3v) is 4.79. The Morgan fingerprint density at radius 3 is 2.76 bits per heavy atom. The normalized spacial score (nSPS) is 24.7. The van der Waals surface area contributed by atoms with E-state index < -0.39 is 12.3 Å². The second-order valence-corrected chi connectivity index (χ2v) is 7.50. The number of hydrogen-bond acceptors (Lipinski definition) is 8. The number of allylic oxidation sites excluding steroid dienone is 2. The van der Waals surface area contributed by atoms with E-state index in [1.165, 1.54) is 18.0 Å². The fourth-order valence-electron chi connectivity index (χ4n) is 3.12. The molecule has 4 atom stereocenters. The van der Waals surface area contributed by atoms with E-state index in [-0.39, 0.29) is 17.1 Å². The van der Waals surface area contributed by atoms with Gasteiger partial charge in [0.1, 0.15) is 0 Å². The van der Waals surface area contributed by atoms with Gasteiger partial charge in [-0.1, -0.05) is 24.8 Å². The molecule has 1 heterocycles. The summed E-state index contributed by atoms with van der Waals surface area (Å²) in [4.78, 5) is 12.6. The van der Waals surface area contributed by atoms with E-state index in [0.717, 1.165) is 18.5 Å². The molecule has 9 heteroatoms. The molecule has 1 aliphatic heterocycles. The molecule has 9 nitrogen and oxygen atoms in total. The molecule has 0 aliphatic carbocycles. The number of nitrogens with zero attached hydrogens (tertiary/aromatic N) is 3. The molecule has 2 unspecified atom stereocenters. The highest BCUT2D eigenvalue weighted by atomic mass is 16.6. The Morgan fingerprint density at radius 1 is 1.48 bits per heavy atom. The summed E-state index contributed by atoms with van der Waals surface area (Å²) < 4.78 is 5.36. The molecule has 0 aromatic carbocycles. The van der Waals surface area contributed by atoms with Crippen LogP contribution in [0.1, 0.15) is 33.1 Å². The Labute approximate surface area is 173 Å². The SMILES string of the molecule is C=C/C=C(\C=C/C(C)[N+](=O)[O-])CN(N)/C=C(\N)CCN(C)C1C[C@@H](C)O[C@@H](O)C1. The summed E-state index contributed by atoms with van der Waals surface area (Å²) in [6.45, 7) is 8.20. The summed E-state index contributed by atoms with van der Waals surface area (Å²) in [5, 5.41) is 22.0. The lowest BCUT2D eigenvalue weighted by Gasteiger charge is -2.36. The zero-order chi connectivity index (χ0) is 22.0. The molecular formula is C20H35N5O4. The molecule has 0 saturated carbocycles. The third kappa shape index (κ3) is 9.71. The van der Waals surface area contributed by atoms with Crippen molar-refractivity contribution in [1.82, 2.24) is 9.91 Å². The van der Waals surface area contributed by atoms with E-state index in [2.05, 4.69) is 11.5 Å². The number of rotatable bonds is 11. The van der Waals surface area contributed by atoms with E-state index in [1.54, 1.807) is 24.4 Å². The van der Waals surface area contributed by atoms with Crippen molar-refractivity contribution in [3.05, 3.63) is 58.5 Å². The number of nitrogens with two attached hydrogens (primary N) is 2. The number of hydrogen-bond donors (Lipinski definition) is 3. The molecule has 0 spiro atoms. The molecule has 1 aliphatic rings. The van der Waals surface area contributed by atoms with Gasteiger partial charge in [0, 0.05) is 49.2 Å². The summed E-state index contributed by atoms with van der Waals surface area (Å²) >= 11 is 0. The molecule has 0 bridgehead atoms. The monoisotopic (exact) mass is 409 g/mol. The van der Waals surface area contributed by atoms with Crippen LogP contribution in [-0.4, -0.2) is 64.6 Å². The Hall–Kier alpha value is -2.20. The highest BCUT2D eigenvalue weighted by Crippen LogP contribution is 2.22. The van der Waals surface area contributed by atoms with E-state index in [0.29, 0.717) is 25.1 Å². The van der Waals surface area contributed by atoms with Crippen LogP contribution in [0.15, 0.2) is 48.4 Å². The predicted octanol–water partition coefficient (Wildman–Crippen LogP) is 1.50. The second kappa shape index (κ2) is 12.4. The molecule has 1 saturated heterocycles. The summed E-state index contributed by atoms with van der Waals surface area (Å²) in [6, 6.07) is -0.539. The molecule has 0 radical (unpaired) electrons. The van der Waals surface area contributed by atoms with E-state index in [9.17, 15) is 15.2 Å². The Bertz CT molecular complexity index is 624. The van der Waals surface area contributed by atoms with Crippen molar-refractivity contribution in [2.24, 2.45) is 11.6 Å². The highest BCUT2D eigenvalue weighted by molar-refractivity contribution is 5.25.